The lowest BCUT2D eigenvalue weighted by molar-refractivity contribution is -0.147. The van der Waals surface area contributed by atoms with Crippen LogP contribution in [0.4, 0.5) is 0 Å². The molecule has 1 aromatic rings. The van der Waals surface area contributed by atoms with E-state index in [1.165, 1.54) is 0 Å². The van der Waals surface area contributed by atoms with Crippen LogP contribution in [-0.2, 0) is 19.1 Å². The lowest BCUT2D eigenvalue weighted by Crippen LogP contribution is -2.30. The summed E-state index contributed by atoms with van der Waals surface area (Å²) >= 11 is 0. The zero-order valence-electron chi connectivity index (χ0n) is 16.5. The van der Waals surface area contributed by atoms with Crippen LogP contribution in [0.5, 0.6) is 5.75 Å². The lowest BCUT2D eigenvalue weighted by atomic mass is 9.87. The third-order valence-electron chi connectivity index (χ3n) is 4.70. The van der Waals surface area contributed by atoms with Gasteiger partial charge in [0, 0.05) is 0 Å². The molecule has 1 aliphatic carbocycles. The van der Waals surface area contributed by atoms with E-state index in [1.54, 1.807) is 30.3 Å². The molecule has 7 heteroatoms. The summed E-state index contributed by atoms with van der Waals surface area (Å²) in [5.74, 6) is -1.40. The van der Waals surface area contributed by atoms with E-state index in [-0.39, 0.29) is 23.6 Å². The summed E-state index contributed by atoms with van der Waals surface area (Å²) in [6.45, 7) is 5.72. The Morgan fingerprint density at radius 3 is 2.38 bits per heavy atom. The van der Waals surface area contributed by atoms with Crippen LogP contribution in [0.25, 0.3) is 0 Å². The number of nitriles is 1. The maximum absolute atomic E-state index is 12.4. The number of rotatable bonds is 8. The number of unbranched alkanes of at least 4 members (excludes halogenated alkanes) is 1. The van der Waals surface area contributed by atoms with Gasteiger partial charge in [-0.15, -0.1) is 0 Å². The highest BCUT2D eigenvalue weighted by Gasteiger charge is 2.30. The molecule has 1 aliphatic rings. The number of carbonyl (C=O) groups is 3. The summed E-state index contributed by atoms with van der Waals surface area (Å²) in [5, 5.41) is 8.65. The molecular formula is C22H25NO6. The fourth-order valence-corrected chi connectivity index (χ4v) is 2.94. The van der Waals surface area contributed by atoms with E-state index in [9.17, 15) is 14.4 Å². The second-order valence-corrected chi connectivity index (χ2v) is 6.90. The Labute approximate surface area is 170 Å². The van der Waals surface area contributed by atoms with Crippen LogP contribution >= 0.6 is 0 Å². The van der Waals surface area contributed by atoms with Crippen molar-refractivity contribution in [3.63, 3.8) is 0 Å². The van der Waals surface area contributed by atoms with Gasteiger partial charge >= 0.3 is 17.9 Å². The lowest BCUT2D eigenvalue weighted by Gasteiger charge is -2.26. The van der Waals surface area contributed by atoms with E-state index in [0.717, 1.165) is 12.8 Å². The van der Waals surface area contributed by atoms with Gasteiger partial charge in [0.05, 0.1) is 18.1 Å². The third-order valence-corrected chi connectivity index (χ3v) is 4.70. The molecular weight excluding hydrogens is 374 g/mol. The molecule has 7 nitrogen and oxygen atoms in total. The van der Waals surface area contributed by atoms with Crippen LogP contribution in [0.3, 0.4) is 0 Å². The molecule has 1 aromatic carbocycles. The van der Waals surface area contributed by atoms with E-state index in [2.05, 4.69) is 6.58 Å². The van der Waals surface area contributed by atoms with Gasteiger partial charge in [-0.1, -0.05) is 19.9 Å². The van der Waals surface area contributed by atoms with Crippen molar-refractivity contribution in [2.45, 2.75) is 51.6 Å². The standard InChI is InChI=1S/C22H25NO6/c1-3-4-13-27-21(25)16-5-9-19(10-6-16)29-22(26)17-7-11-18(12-8-17)28-20(24)15(2)14-23/h5-6,9-10,17-18H,2-4,7-8,11-13H2,1H3. The monoisotopic (exact) mass is 399 g/mol. The second-order valence-electron chi connectivity index (χ2n) is 6.90. The van der Waals surface area contributed by atoms with Crippen LogP contribution < -0.4 is 4.74 Å². The molecule has 1 saturated carbocycles. The predicted molar refractivity (Wildman–Crippen MR) is 104 cm³/mol. The molecule has 0 radical (unpaired) electrons. The Balaban J connectivity index is 1.79. The minimum absolute atomic E-state index is 0.232. The summed E-state index contributed by atoms with van der Waals surface area (Å²) in [7, 11) is 0. The van der Waals surface area contributed by atoms with Gasteiger partial charge in [0.15, 0.2) is 0 Å². The minimum atomic E-state index is -0.716. The van der Waals surface area contributed by atoms with Crippen molar-refractivity contribution in [2.24, 2.45) is 5.92 Å². The maximum atomic E-state index is 12.4. The summed E-state index contributed by atoms with van der Waals surface area (Å²) in [5.41, 5.74) is 0.173. The SMILES string of the molecule is C=C(C#N)C(=O)OC1CCC(C(=O)Oc2ccc(C(=O)OCCCC)cc2)CC1. The molecule has 0 aliphatic heterocycles. The van der Waals surface area contributed by atoms with Crippen LogP contribution in [0.1, 0.15) is 55.8 Å². The van der Waals surface area contributed by atoms with Crippen molar-refractivity contribution >= 4 is 17.9 Å². The summed E-state index contributed by atoms with van der Waals surface area (Å²) in [6.07, 6.45) is 3.53. The number of nitrogens with zero attached hydrogens (tertiary/aromatic N) is 1. The second kappa shape index (κ2) is 11.0. The minimum Gasteiger partial charge on any atom is -0.462 e. The van der Waals surface area contributed by atoms with Crippen molar-refractivity contribution < 1.29 is 28.6 Å². The molecule has 29 heavy (non-hydrogen) atoms. The molecule has 0 atom stereocenters. The van der Waals surface area contributed by atoms with Crippen LogP contribution in [0, 0.1) is 17.2 Å². The summed E-state index contributed by atoms with van der Waals surface area (Å²) in [4.78, 5) is 35.8. The normalized spacial score (nSPS) is 18.2. The van der Waals surface area contributed by atoms with Crippen molar-refractivity contribution in [2.75, 3.05) is 6.61 Å². The van der Waals surface area contributed by atoms with E-state index in [0.29, 0.717) is 43.6 Å². The van der Waals surface area contributed by atoms with Gasteiger partial charge in [0.1, 0.15) is 23.5 Å². The van der Waals surface area contributed by atoms with Crippen molar-refractivity contribution in [3.05, 3.63) is 42.0 Å². The highest BCUT2D eigenvalue weighted by molar-refractivity contribution is 5.92. The number of benzene rings is 1. The Morgan fingerprint density at radius 2 is 1.79 bits per heavy atom. The fraction of sp³-hybridized carbons (Fsp3) is 0.455. The number of hydrogen-bond donors (Lipinski definition) is 0. The highest BCUT2D eigenvalue weighted by atomic mass is 16.5. The fourth-order valence-electron chi connectivity index (χ4n) is 2.94. The molecule has 1 fully saturated rings. The molecule has 0 heterocycles. The van der Waals surface area contributed by atoms with Crippen molar-refractivity contribution in [3.8, 4) is 11.8 Å². The van der Waals surface area contributed by atoms with Gasteiger partial charge in [0.25, 0.3) is 0 Å². The molecule has 0 amide bonds. The maximum Gasteiger partial charge on any atom is 0.348 e. The van der Waals surface area contributed by atoms with E-state index in [1.807, 2.05) is 6.92 Å². The first-order chi connectivity index (χ1) is 13.9. The number of ether oxygens (including phenoxy) is 3. The first kappa shape index (κ1) is 22.2. The first-order valence-corrected chi connectivity index (χ1v) is 9.73. The number of esters is 3. The van der Waals surface area contributed by atoms with E-state index < -0.39 is 11.9 Å². The van der Waals surface area contributed by atoms with Gasteiger partial charge in [-0.3, -0.25) is 4.79 Å². The van der Waals surface area contributed by atoms with Gasteiger partial charge in [-0.05, 0) is 56.4 Å². The number of carbonyl (C=O) groups excluding carboxylic acids is 3. The first-order valence-electron chi connectivity index (χ1n) is 9.73. The molecule has 0 spiro atoms. The Kier molecular flexibility index (Phi) is 8.41. The Hall–Kier alpha value is -3.14. The van der Waals surface area contributed by atoms with Crippen LogP contribution in [-0.4, -0.2) is 30.6 Å². The van der Waals surface area contributed by atoms with Gasteiger partial charge in [-0.25, -0.2) is 9.59 Å². The molecule has 0 unspecified atom stereocenters. The summed E-state index contributed by atoms with van der Waals surface area (Å²) in [6, 6.07) is 7.92. The molecule has 2 rings (SSSR count). The average molecular weight is 399 g/mol. The quantitative estimate of drug-likeness (QED) is 0.216. The average Bonchev–Trinajstić information content (AvgIpc) is 2.74. The topological polar surface area (TPSA) is 103 Å². The molecule has 0 aromatic heterocycles. The Morgan fingerprint density at radius 1 is 1.14 bits per heavy atom. The molecule has 0 saturated heterocycles. The number of hydrogen-bond acceptors (Lipinski definition) is 7. The van der Waals surface area contributed by atoms with Crippen molar-refractivity contribution in [1.82, 2.24) is 0 Å². The molecule has 154 valence electrons. The van der Waals surface area contributed by atoms with E-state index in [4.69, 9.17) is 19.5 Å². The molecule has 0 N–H and O–H groups in total. The highest BCUT2D eigenvalue weighted by Crippen LogP contribution is 2.28. The largest absolute Gasteiger partial charge is 0.462 e. The zero-order valence-corrected chi connectivity index (χ0v) is 16.5. The molecule has 0 bridgehead atoms. The van der Waals surface area contributed by atoms with Gasteiger partial charge in [-0.2, -0.15) is 5.26 Å². The smallest absolute Gasteiger partial charge is 0.348 e. The van der Waals surface area contributed by atoms with Gasteiger partial charge in [0.2, 0.25) is 0 Å². The van der Waals surface area contributed by atoms with Crippen molar-refractivity contribution in [1.29, 1.82) is 5.26 Å². The van der Waals surface area contributed by atoms with Crippen LogP contribution in [0.2, 0.25) is 0 Å². The summed E-state index contributed by atoms with van der Waals surface area (Å²) < 4.78 is 15.7. The third kappa shape index (κ3) is 6.75. The predicted octanol–water partition coefficient (Wildman–Crippen LogP) is 3.73. The zero-order chi connectivity index (χ0) is 21.2. The Bertz CT molecular complexity index is 785. The van der Waals surface area contributed by atoms with Crippen LogP contribution in [0.15, 0.2) is 36.4 Å². The van der Waals surface area contributed by atoms with E-state index >= 15 is 0 Å². The van der Waals surface area contributed by atoms with Gasteiger partial charge < -0.3 is 14.2 Å².